The van der Waals surface area contributed by atoms with E-state index in [1.807, 2.05) is 0 Å². The maximum atomic E-state index is 6.06. The van der Waals surface area contributed by atoms with Crippen LogP contribution in [0.2, 0.25) is 5.02 Å². The van der Waals surface area contributed by atoms with Gasteiger partial charge in [0.25, 0.3) is 0 Å². The second-order valence-electron chi connectivity index (χ2n) is 4.51. The van der Waals surface area contributed by atoms with E-state index >= 15 is 0 Å². The van der Waals surface area contributed by atoms with E-state index in [4.69, 9.17) is 11.6 Å². The highest BCUT2D eigenvalue weighted by molar-refractivity contribution is 9.11. The van der Waals surface area contributed by atoms with E-state index in [-0.39, 0.29) is 0 Å². The van der Waals surface area contributed by atoms with Gasteiger partial charge in [-0.1, -0.05) is 34.0 Å². The number of hydrogen-bond acceptors (Lipinski definition) is 1. The Bertz CT molecular complexity index is 360. The van der Waals surface area contributed by atoms with Crippen LogP contribution in [0.5, 0.6) is 0 Å². The molecule has 2 fully saturated rings. The van der Waals surface area contributed by atoms with Crippen LogP contribution in [-0.2, 0) is 0 Å². The Hall–Kier alpha value is 0.950. The summed E-state index contributed by atoms with van der Waals surface area (Å²) in [6.07, 6.45) is 4.33. The van der Waals surface area contributed by atoms with E-state index in [2.05, 4.69) is 37.9 Å². The molecule has 0 N–H and O–H groups in total. The van der Waals surface area contributed by atoms with Crippen molar-refractivity contribution in [3.63, 3.8) is 0 Å². The summed E-state index contributed by atoms with van der Waals surface area (Å²) < 4.78 is 1.06. The third-order valence-electron chi connectivity index (χ3n) is 3.75. The zero-order valence-corrected chi connectivity index (χ0v) is 12.8. The molecule has 0 bridgehead atoms. The number of thiophene rings is 1. The van der Waals surface area contributed by atoms with Gasteiger partial charge < -0.3 is 0 Å². The summed E-state index contributed by atoms with van der Waals surface area (Å²) in [5.41, 5.74) is 0. The lowest BCUT2D eigenvalue weighted by Crippen LogP contribution is -1.95. The molecule has 0 radical (unpaired) electrons. The SMILES string of the molecule is Clc1cc(C(Br)C2C3CCCC32)sc1Br. The van der Waals surface area contributed by atoms with Gasteiger partial charge in [-0.3, -0.25) is 0 Å². The van der Waals surface area contributed by atoms with E-state index < -0.39 is 0 Å². The second kappa shape index (κ2) is 4.01. The minimum Gasteiger partial charge on any atom is -0.130 e. The van der Waals surface area contributed by atoms with Gasteiger partial charge in [0, 0.05) is 4.88 Å². The molecule has 2 aliphatic carbocycles. The summed E-state index contributed by atoms with van der Waals surface area (Å²) in [7, 11) is 0. The molecule has 2 aliphatic rings. The van der Waals surface area contributed by atoms with Gasteiger partial charge in [-0.2, -0.15) is 0 Å². The minimum absolute atomic E-state index is 0.529. The van der Waals surface area contributed by atoms with Gasteiger partial charge in [-0.25, -0.2) is 0 Å². The molecule has 0 nitrogen and oxygen atoms in total. The summed E-state index contributed by atoms with van der Waals surface area (Å²) >= 11 is 15.2. The van der Waals surface area contributed by atoms with Crippen molar-refractivity contribution >= 4 is 54.8 Å². The van der Waals surface area contributed by atoms with E-state index in [1.165, 1.54) is 24.1 Å². The van der Waals surface area contributed by atoms with Crippen molar-refractivity contribution < 1.29 is 0 Å². The van der Waals surface area contributed by atoms with Crippen LogP contribution in [0.4, 0.5) is 0 Å². The summed E-state index contributed by atoms with van der Waals surface area (Å²) in [4.78, 5) is 1.91. The zero-order chi connectivity index (χ0) is 10.6. The molecule has 0 aliphatic heterocycles. The van der Waals surface area contributed by atoms with Crippen molar-refractivity contribution in [1.29, 1.82) is 0 Å². The fraction of sp³-hybridized carbons (Fsp3) is 0.636. The molecule has 4 heteroatoms. The lowest BCUT2D eigenvalue weighted by Gasteiger charge is -2.09. The molecule has 3 rings (SSSR count). The molecule has 0 aromatic carbocycles. The first-order valence-corrected chi connectivity index (χ1v) is 8.17. The van der Waals surface area contributed by atoms with E-state index in [0.29, 0.717) is 4.83 Å². The van der Waals surface area contributed by atoms with Crippen molar-refractivity contribution in [2.24, 2.45) is 17.8 Å². The maximum Gasteiger partial charge on any atom is 0.0887 e. The molecule has 3 atom stereocenters. The second-order valence-corrected chi connectivity index (χ2v) is 8.30. The van der Waals surface area contributed by atoms with Crippen molar-refractivity contribution in [1.82, 2.24) is 0 Å². The van der Waals surface area contributed by atoms with Crippen LogP contribution < -0.4 is 0 Å². The van der Waals surface area contributed by atoms with Crippen LogP contribution in [0.15, 0.2) is 9.85 Å². The molecular weight excluding hydrogens is 359 g/mol. The average Bonchev–Trinajstić information content (AvgIpc) is 2.59. The molecule has 2 saturated carbocycles. The predicted octanol–water partition coefficient (Wildman–Crippen LogP) is 5.65. The summed E-state index contributed by atoms with van der Waals surface area (Å²) in [6.45, 7) is 0. The van der Waals surface area contributed by atoms with Crippen LogP contribution >= 0.6 is 54.8 Å². The van der Waals surface area contributed by atoms with Crippen molar-refractivity contribution in [2.75, 3.05) is 0 Å². The average molecular weight is 371 g/mol. The van der Waals surface area contributed by atoms with Gasteiger partial charge in [0.1, 0.15) is 0 Å². The van der Waals surface area contributed by atoms with E-state index in [1.54, 1.807) is 11.3 Å². The highest BCUT2D eigenvalue weighted by Crippen LogP contribution is 2.65. The van der Waals surface area contributed by atoms with Gasteiger partial charge in [0.15, 0.2) is 0 Å². The molecule has 1 aromatic rings. The molecule has 1 aromatic heterocycles. The standard InChI is InChI=1S/C11H11Br2ClS/c12-10(8-4-7(14)11(13)15-8)9-5-2-1-3-6(5)9/h4-6,9-10H,1-3H2. The zero-order valence-electron chi connectivity index (χ0n) is 8.05. The first-order valence-electron chi connectivity index (χ1n) is 5.27. The third-order valence-corrected chi connectivity index (χ3v) is 7.71. The third kappa shape index (κ3) is 1.84. The topological polar surface area (TPSA) is 0 Å². The number of halogens is 3. The predicted molar refractivity (Wildman–Crippen MR) is 73.0 cm³/mol. The Kier molecular flexibility index (Phi) is 2.95. The largest absolute Gasteiger partial charge is 0.130 e. The molecule has 1 heterocycles. The van der Waals surface area contributed by atoms with Crippen molar-refractivity contribution in [2.45, 2.75) is 24.1 Å². The lowest BCUT2D eigenvalue weighted by molar-refractivity contribution is 0.586. The molecule has 15 heavy (non-hydrogen) atoms. The summed E-state index contributed by atoms with van der Waals surface area (Å²) in [5.74, 6) is 2.86. The fourth-order valence-electron chi connectivity index (χ4n) is 3.00. The first kappa shape index (κ1) is 11.1. The van der Waals surface area contributed by atoms with Gasteiger partial charge in [-0.05, 0) is 52.6 Å². The number of alkyl halides is 1. The smallest absolute Gasteiger partial charge is 0.0887 e. The van der Waals surface area contributed by atoms with Crippen molar-refractivity contribution in [3.8, 4) is 0 Å². The number of rotatable bonds is 2. The van der Waals surface area contributed by atoms with Crippen LogP contribution in [0, 0.1) is 17.8 Å². The normalized spacial score (nSPS) is 35.3. The highest BCUT2D eigenvalue weighted by Gasteiger charge is 2.55. The van der Waals surface area contributed by atoms with Gasteiger partial charge >= 0.3 is 0 Å². The molecule has 0 spiro atoms. The van der Waals surface area contributed by atoms with E-state index in [0.717, 1.165) is 26.6 Å². The molecular formula is C11H11Br2ClS. The Balaban J connectivity index is 1.77. The lowest BCUT2D eigenvalue weighted by atomic mass is 10.1. The monoisotopic (exact) mass is 368 g/mol. The first-order chi connectivity index (χ1) is 7.18. The van der Waals surface area contributed by atoms with Crippen molar-refractivity contribution in [3.05, 3.63) is 19.8 Å². The van der Waals surface area contributed by atoms with Crippen LogP contribution in [0.3, 0.4) is 0 Å². The Morgan fingerprint density at radius 3 is 2.60 bits per heavy atom. The maximum absolute atomic E-state index is 6.06. The van der Waals surface area contributed by atoms with Gasteiger partial charge in [0.05, 0.1) is 13.6 Å². The molecule has 3 unspecified atom stereocenters. The summed E-state index contributed by atoms with van der Waals surface area (Å²) in [6, 6.07) is 2.10. The molecule has 82 valence electrons. The van der Waals surface area contributed by atoms with E-state index in [9.17, 15) is 0 Å². The number of fused-ring (bicyclic) bond motifs is 1. The molecule has 0 saturated heterocycles. The van der Waals surface area contributed by atoms with Crippen LogP contribution in [0.1, 0.15) is 29.0 Å². The van der Waals surface area contributed by atoms with Gasteiger partial charge in [0.2, 0.25) is 0 Å². The Morgan fingerprint density at radius 2 is 2.07 bits per heavy atom. The highest BCUT2D eigenvalue weighted by atomic mass is 79.9. The number of hydrogen-bond donors (Lipinski definition) is 0. The van der Waals surface area contributed by atoms with Crippen LogP contribution in [0.25, 0.3) is 0 Å². The molecule has 0 amide bonds. The fourth-order valence-corrected chi connectivity index (χ4v) is 5.98. The Morgan fingerprint density at radius 1 is 1.40 bits per heavy atom. The quantitative estimate of drug-likeness (QED) is 0.591. The summed E-state index contributed by atoms with van der Waals surface area (Å²) in [5, 5.41) is 0.852. The van der Waals surface area contributed by atoms with Gasteiger partial charge in [-0.15, -0.1) is 11.3 Å². The van der Waals surface area contributed by atoms with Crippen LogP contribution in [-0.4, -0.2) is 0 Å². The Labute approximate surface area is 116 Å². The minimum atomic E-state index is 0.529.